The Labute approximate surface area is 211 Å². The Bertz CT molecular complexity index is 1090. The molecule has 2 saturated heterocycles. The molecule has 4 rings (SSSR count). The van der Waals surface area contributed by atoms with Gasteiger partial charge in [-0.15, -0.1) is 0 Å². The second-order valence-corrected chi connectivity index (χ2v) is 9.94. The zero-order chi connectivity index (χ0) is 25.9. The van der Waals surface area contributed by atoms with Crippen molar-refractivity contribution in [3.05, 3.63) is 71.0 Å². The van der Waals surface area contributed by atoms with Crippen molar-refractivity contribution in [2.75, 3.05) is 26.2 Å². The van der Waals surface area contributed by atoms with Crippen molar-refractivity contribution in [2.24, 2.45) is 5.92 Å². The fraction of sp³-hybridized carbons (Fsp3) is 0.464. The van der Waals surface area contributed by atoms with E-state index in [-0.39, 0.29) is 35.8 Å². The van der Waals surface area contributed by atoms with Gasteiger partial charge in [0.25, 0.3) is 11.8 Å². The monoisotopic (exact) mass is 495 g/mol. The van der Waals surface area contributed by atoms with Crippen LogP contribution in [0.4, 0.5) is 4.39 Å². The van der Waals surface area contributed by atoms with Crippen molar-refractivity contribution in [2.45, 2.75) is 51.8 Å². The van der Waals surface area contributed by atoms with E-state index in [9.17, 15) is 18.8 Å². The molecule has 7 nitrogen and oxygen atoms in total. The predicted octanol–water partition coefficient (Wildman–Crippen LogP) is 3.63. The number of hydrogen-bond donors (Lipinski definition) is 1. The third kappa shape index (κ3) is 5.28. The number of ether oxygens (including phenoxy) is 1. The van der Waals surface area contributed by atoms with Crippen LogP contribution in [-0.2, 0) is 16.0 Å². The molecule has 0 radical (unpaired) electrons. The molecule has 3 amide bonds. The zero-order valence-electron chi connectivity index (χ0n) is 21.1. The smallest absolute Gasteiger partial charge is 0.256 e. The van der Waals surface area contributed by atoms with Crippen molar-refractivity contribution in [3.63, 3.8) is 0 Å². The van der Waals surface area contributed by atoms with Gasteiger partial charge in [0.1, 0.15) is 17.6 Å². The summed E-state index contributed by atoms with van der Waals surface area (Å²) in [5.74, 6) is -0.901. The summed E-state index contributed by atoms with van der Waals surface area (Å²) in [6, 6.07) is 12.1. The van der Waals surface area contributed by atoms with Crippen LogP contribution in [0.2, 0.25) is 0 Å². The Morgan fingerprint density at radius 2 is 1.58 bits per heavy atom. The molecule has 0 aliphatic carbocycles. The number of hydrogen-bond acceptors (Lipinski definition) is 4. The van der Waals surface area contributed by atoms with Gasteiger partial charge in [0.2, 0.25) is 5.91 Å². The van der Waals surface area contributed by atoms with Gasteiger partial charge in [0.05, 0.1) is 6.61 Å². The van der Waals surface area contributed by atoms with Crippen LogP contribution in [0.3, 0.4) is 0 Å². The van der Waals surface area contributed by atoms with E-state index < -0.39 is 17.6 Å². The van der Waals surface area contributed by atoms with Gasteiger partial charge in [-0.2, -0.15) is 0 Å². The normalized spacial score (nSPS) is 19.1. The van der Waals surface area contributed by atoms with Crippen molar-refractivity contribution in [3.8, 4) is 0 Å². The summed E-state index contributed by atoms with van der Waals surface area (Å²) in [6.45, 7) is 7.40. The lowest BCUT2D eigenvalue weighted by Crippen LogP contribution is -2.60. The van der Waals surface area contributed by atoms with Crippen molar-refractivity contribution in [1.29, 1.82) is 0 Å². The number of carbonyl (C=O) groups is 3. The van der Waals surface area contributed by atoms with Gasteiger partial charge in [-0.25, -0.2) is 4.39 Å². The fourth-order valence-electron chi connectivity index (χ4n) is 4.85. The number of carbonyl (C=O) groups excluding carboxylic acids is 3. The maximum Gasteiger partial charge on any atom is 0.256 e. The van der Waals surface area contributed by atoms with Crippen LogP contribution in [0.5, 0.6) is 0 Å². The minimum atomic E-state index is -1.01. The molecule has 1 spiro atoms. The van der Waals surface area contributed by atoms with E-state index in [1.165, 1.54) is 34.7 Å². The Morgan fingerprint density at radius 3 is 2.17 bits per heavy atom. The molecule has 2 aromatic rings. The van der Waals surface area contributed by atoms with Crippen LogP contribution in [0, 0.1) is 11.7 Å². The first kappa shape index (κ1) is 25.8. The molecule has 0 aromatic heterocycles. The van der Waals surface area contributed by atoms with Crippen LogP contribution >= 0.6 is 0 Å². The summed E-state index contributed by atoms with van der Waals surface area (Å²) in [5, 5.41) is 2.91. The lowest BCUT2D eigenvalue weighted by Gasteiger charge is -2.44. The number of likely N-dealkylation sites (tertiary alicyclic amines) is 1. The Balaban J connectivity index is 1.54. The van der Waals surface area contributed by atoms with Crippen LogP contribution < -0.4 is 5.32 Å². The summed E-state index contributed by atoms with van der Waals surface area (Å²) in [5.41, 5.74) is 1.08. The average molecular weight is 496 g/mol. The molecular weight excluding hydrogens is 461 g/mol. The van der Waals surface area contributed by atoms with E-state index in [1.807, 2.05) is 38.1 Å². The summed E-state index contributed by atoms with van der Waals surface area (Å²) in [4.78, 5) is 43.1. The second kappa shape index (κ2) is 10.8. The van der Waals surface area contributed by atoms with Crippen molar-refractivity contribution < 1.29 is 23.5 Å². The van der Waals surface area contributed by atoms with Crippen LogP contribution in [0.15, 0.2) is 48.5 Å². The van der Waals surface area contributed by atoms with Crippen molar-refractivity contribution in [1.82, 2.24) is 15.1 Å². The van der Waals surface area contributed by atoms with Gasteiger partial charge in [-0.05, 0) is 54.3 Å². The summed E-state index contributed by atoms with van der Waals surface area (Å²) < 4.78 is 19.7. The third-order valence-electron chi connectivity index (χ3n) is 7.00. The standard InChI is InChI=1S/C28H34FN3O4/c1-4-20-5-7-21(8-6-20)26(34)31-15-13-28(14-16-31)32(27(35)22-9-11-23(29)12-10-22)24(18-36-28)25(33)30-17-19(2)3/h5-12,19,24H,4,13-18H2,1-3H3,(H,30,33). The first-order valence-corrected chi connectivity index (χ1v) is 12.6. The number of aryl methyl sites for hydroxylation is 1. The largest absolute Gasteiger partial charge is 0.354 e. The molecule has 36 heavy (non-hydrogen) atoms. The highest BCUT2D eigenvalue weighted by Crippen LogP contribution is 2.39. The summed E-state index contributed by atoms with van der Waals surface area (Å²) in [6.07, 6.45) is 1.67. The maximum atomic E-state index is 13.6. The van der Waals surface area contributed by atoms with Crippen molar-refractivity contribution >= 4 is 17.7 Å². The molecule has 2 aliphatic rings. The number of nitrogens with zero attached hydrogens (tertiary/aromatic N) is 2. The summed E-state index contributed by atoms with van der Waals surface area (Å²) >= 11 is 0. The third-order valence-corrected chi connectivity index (χ3v) is 7.00. The first-order chi connectivity index (χ1) is 17.2. The summed E-state index contributed by atoms with van der Waals surface area (Å²) in [7, 11) is 0. The maximum absolute atomic E-state index is 13.6. The number of benzene rings is 2. The minimum absolute atomic E-state index is 0.0619. The molecular formula is C28H34FN3O4. The van der Waals surface area contributed by atoms with Gasteiger partial charge in [-0.1, -0.05) is 32.9 Å². The number of halogens is 1. The fourth-order valence-corrected chi connectivity index (χ4v) is 4.85. The first-order valence-electron chi connectivity index (χ1n) is 12.6. The average Bonchev–Trinajstić information content (AvgIpc) is 3.25. The molecule has 0 bridgehead atoms. The second-order valence-electron chi connectivity index (χ2n) is 9.94. The number of piperidine rings is 1. The lowest BCUT2D eigenvalue weighted by molar-refractivity contribution is -0.128. The molecule has 1 unspecified atom stereocenters. The van der Waals surface area contributed by atoms with E-state index in [0.29, 0.717) is 38.0 Å². The van der Waals surface area contributed by atoms with E-state index in [1.54, 1.807) is 4.90 Å². The highest BCUT2D eigenvalue weighted by atomic mass is 19.1. The SMILES string of the molecule is CCc1ccc(C(=O)N2CCC3(CC2)OCC(C(=O)NCC(C)C)N3C(=O)c2ccc(F)cc2)cc1. The molecule has 2 aromatic carbocycles. The van der Waals surface area contributed by atoms with Crippen LogP contribution in [-0.4, -0.2) is 65.5 Å². The minimum Gasteiger partial charge on any atom is -0.354 e. The van der Waals surface area contributed by atoms with Gasteiger partial charge in [-0.3, -0.25) is 19.3 Å². The van der Waals surface area contributed by atoms with E-state index >= 15 is 0 Å². The highest BCUT2D eigenvalue weighted by Gasteiger charge is 2.54. The van der Waals surface area contributed by atoms with E-state index in [4.69, 9.17) is 4.74 Å². The predicted molar refractivity (Wildman–Crippen MR) is 134 cm³/mol. The number of rotatable bonds is 6. The molecule has 1 N–H and O–H groups in total. The zero-order valence-corrected chi connectivity index (χ0v) is 21.1. The molecule has 0 saturated carbocycles. The number of amides is 3. The van der Waals surface area contributed by atoms with E-state index in [2.05, 4.69) is 12.2 Å². The van der Waals surface area contributed by atoms with Gasteiger partial charge in [0, 0.05) is 43.6 Å². The Hall–Kier alpha value is -3.26. The molecule has 2 heterocycles. The Kier molecular flexibility index (Phi) is 7.73. The van der Waals surface area contributed by atoms with Crippen LogP contribution in [0.25, 0.3) is 0 Å². The van der Waals surface area contributed by atoms with Crippen LogP contribution in [0.1, 0.15) is 59.9 Å². The highest BCUT2D eigenvalue weighted by molar-refractivity contribution is 5.98. The lowest BCUT2D eigenvalue weighted by atomic mass is 9.96. The molecule has 2 fully saturated rings. The Morgan fingerprint density at radius 1 is 1.00 bits per heavy atom. The van der Waals surface area contributed by atoms with Gasteiger partial charge >= 0.3 is 0 Å². The quantitative estimate of drug-likeness (QED) is 0.664. The topological polar surface area (TPSA) is 79.0 Å². The molecule has 1 atom stereocenters. The van der Waals surface area contributed by atoms with E-state index in [0.717, 1.165) is 6.42 Å². The van der Waals surface area contributed by atoms with Gasteiger partial charge in [0.15, 0.2) is 0 Å². The number of nitrogens with one attached hydrogen (secondary N) is 1. The molecule has 8 heteroatoms. The van der Waals surface area contributed by atoms with Gasteiger partial charge < -0.3 is 15.0 Å². The molecule has 192 valence electrons. The molecule has 2 aliphatic heterocycles.